The molecule has 1 aliphatic heterocycles. The molecule has 0 radical (unpaired) electrons. The van der Waals surface area contributed by atoms with Gasteiger partial charge < -0.3 is 19.9 Å². The minimum atomic E-state index is -0.186. The van der Waals surface area contributed by atoms with Crippen LogP contribution in [0, 0.1) is 5.92 Å². The number of aliphatic hydroxyl groups excluding tert-OH is 1. The Morgan fingerprint density at radius 2 is 2.10 bits per heavy atom. The highest BCUT2D eigenvalue weighted by molar-refractivity contribution is 5.47. The van der Waals surface area contributed by atoms with Crippen LogP contribution in [0.3, 0.4) is 0 Å². The zero-order chi connectivity index (χ0) is 14.0. The van der Waals surface area contributed by atoms with E-state index in [1.54, 1.807) is 0 Å². The number of hydrogen-bond acceptors (Lipinski definition) is 4. The molecule has 1 heterocycles. The fourth-order valence-corrected chi connectivity index (χ4v) is 2.74. The first-order chi connectivity index (χ1) is 9.73. The fourth-order valence-electron chi connectivity index (χ4n) is 2.74. The van der Waals surface area contributed by atoms with E-state index in [1.807, 2.05) is 12.1 Å². The van der Waals surface area contributed by atoms with Gasteiger partial charge in [0.2, 0.25) is 0 Å². The molecule has 0 amide bonds. The number of aliphatic hydroxyl groups is 1. The third-order valence-corrected chi connectivity index (χ3v) is 4.34. The smallest absolute Gasteiger partial charge is 0.165 e. The number of para-hydroxylation sites is 1. The van der Waals surface area contributed by atoms with E-state index in [0.717, 1.165) is 23.5 Å². The maximum Gasteiger partial charge on any atom is 0.165 e. The summed E-state index contributed by atoms with van der Waals surface area (Å²) in [5, 5.41) is 13.1. The van der Waals surface area contributed by atoms with Gasteiger partial charge in [0.05, 0.1) is 19.8 Å². The van der Waals surface area contributed by atoms with Crippen LogP contribution in [-0.4, -0.2) is 30.5 Å². The van der Waals surface area contributed by atoms with Gasteiger partial charge in [0.1, 0.15) is 0 Å². The van der Waals surface area contributed by atoms with Crippen LogP contribution in [0.1, 0.15) is 31.7 Å². The highest BCUT2D eigenvalue weighted by Gasteiger charge is 2.40. The lowest BCUT2D eigenvalue weighted by molar-refractivity contribution is 0.153. The highest BCUT2D eigenvalue weighted by Crippen LogP contribution is 2.40. The van der Waals surface area contributed by atoms with Crippen molar-refractivity contribution >= 4 is 0 Å². The van der Waals surface area contributed by atoms with Crippen LogP contribution >= 0.6 is 0 Å². The highest BCUT2D eigenvalue weighted by atomic mass is 16.5. The topological polar surface area (TPSA) is 50.7 Å². The van der Waals surface area contributed by atoms with Crippen LogP contribution in [-0.2, 0) is 6.54 Å². The Labute approximate surface area is 120 Å². The Morgan fingerprint density at radius 1 is 1.30 bits per heavy atom. The maximum atomic E-state index is 9.64. The average Bonchev–Trinajstić information content (AvgIpc) is 3.30. The molecule has 0 aromatic heterocycles. The first-order valence-corrected chi connectivity index (χ1v) is 7.46. The molecular weight excluding hydrogens is 254 g/mol. The monoisotopic (exact) mass is 277 g/mol. The van der Waals surface area contributed by atoms with E-state index in [2.05, 4.69) is 18.3 Å². The summed E-state index contributed by atoms with van der Waals surface area (Å²) in [6.45, 7) is 4.37. The summed E-state index contributed by atoms with van der Waals surface area (Å²) in [4.78, 5) is 0. The van der Waals surface area contributed by atoms with Gasteiger partial charge in [-0.15, -0.1) is 0 Å². The third-order valence-electron chi connectivity index (χ3n) is 4.34. The van der Waals surface area contributed by atoms with Crippen molar-refractivity contribution in [3.05, 3.63) is 23.8 Å². The van der Waals surface area contributed by atoms with Gasteiger partial charge in [-0.25, -0.2) is 0 Å². The van der Waals surface area contributed by atoms with Crippen molar-refractivity contribution in [1.82, 2.24) is 5.32 Å². The average molecular weight is 277 g/mol. The van der Waals surface area contributed by atoms with Crippen molar-refractivity contribution in [1.29, 1.82) is 0 Å². The van der Waals surface area contributed by atoms with Crippen molar-refractivity contribution in [2.75, 3.05) is 19.8 Å². The van der Waals surface area contributed by atoms with E-state index in [1.165, 1.54) is 12.8 Å². The molecule has 1 atom stereocenters. The molecule has 110 valence electrons. The van der Waals surface area contributed by atoms with Gasteiger partial charge in [-0.3, -0.25) is 0 Å². The van der Waals surface area contributed by atoms with Gasteiger partial charge in [-0.1, -0.05) is 12.1 Å². The van der Waals surface area contributed by atoms with E-state index >= 15 is 0 Å². The van der Waals surface area contributed by atoms with Gasteiger partial charge in [0, 0.05) is 24.1 Å². The van der Waals surface area contributed by atoms with Crippen LogP contribution in [0.2, 0.25) is 0 Å². The van der Waals surface area contributed by atoms with Crippen LogP contribution in [0.5, 0.6) is 11.5 Å². The second-order valence-electron chi connectivity index (χ2n) is 6.00. The van der Waals surface area contributed by atoms with Crippen molar-refractivity contribution in [2.24, 2.45) is 5.92 Å². The lowest BCUT2D eigenvalue weighted by atomic mass is 9.96. The second-order valence-corrected chi connectivity index (χ2v) is 6.00. The molecule has 2 aliphatic rings. The maximum absolute atomic E-state index is 9.64. The molecule has 3 rings (SSSR count). The molecule has 2 N–H and O–H groups in total. The quantitative estimate of drug-likeness (QED) is 0.865. The van der Waals surface area contributed by atoms with Crippen molar-refractivity contribution in [3.63, 3.8) is 0 Å². The molecule has 0 bridgehead atoms. The number of ether oxygens (including phenoxy) is 2. The second kappa shape index (κ2) is 5.62. The summed E-state index contributed by atoms with van der Waals surface area (Å²) in [7, 11) is 0. The number of rotatable bonds is 5. The lowest BCUT2D eigenvalue weighted by Crippen LogP contribution is -2.47. The van der Waals surface area contributed by atoms with Crippen LogP contribution < -0.4 is 14.8 Å². The van der Waals surface area contributed by atoms with Crippen molar-refractivity contribution in [2.45, 2.75) is 38.3 Å². The summed E-state index contributed by atoms with van der Waals surface area (Å²) < 4.78 is 11.5. The number of nitrogens with one attached hydrogen (secondary N) is 1. The predicted octanol–water partition coefficient (Wildman–Crippen LogP) is 2.10. The van der Waals surface area contributed by atoms with Gasteiger partial charge in [0.15, 0.2) is 11.5 Å². The first-order valence-electron chi connectivity index (χ1n) is 7.46. The number of benzene rings is 1. The molecule has 20 heavy (non-hydrogen) atoms. The third kappa shape index (κ3) is 2.76. The van der Waals surface area contributed by atoms with Crippen LogP contribution in [0.4, 0.5) is 0 Å². The van der Waals surface area contributed by atoms with Crippen LogP contribution in [0.25, 0.3) is 0 Å². The minimum Gasteiger partial charge on any atom is -0.490 e. The molecule has 4 nitrogen and oxygen atoms in total. The molecular formula is C16H23NO3. The standard InChI is InChI=1S/C16H23NO3/c1-16(11-18,13-6-7-13)17-10-12-4-2-5-14-15(12)20-9-3-8-19-14/h2,4-5,13,17-18H,3,6-11H2,1H3/t16-/m1/s1. The molecule has 4 heteroatoms. The Kier molecular flexibility index (Phi) is 3.85. The summed E-state index contributed by atoms with van der Waals surface area (Å²) in [5.41, 5.74) is 0.915. The van der Waals surface area contributed by atoms with E-state index < -0.39 is 0 Å². The Morgan fingerprint density at radius 3 is 2.85 bits per heavy atom. The molecule has 1 aromatic rings. The normalized spacial score (nSPS) is 21.1. The summed E-state index contributed by atoms with van der Waals surface area (Å²) >= 11 is 0. The van der Waals surface area contributed by atoms with E-state index in [0.29, 0.717) is 25.7 Å². The van der Waals surface area contributed by atoms with Gasteiger partial charge in [-0.05, 0) is 31.7 Å². The van der Waals surface area contributed by atoms with E-state index in [4.69, 9.17) is 9.47 Å². The largest absolute Gasteiger partial charge is 0.490 e. The Bertz CT molecular complexity index is 473. The lowest BCUT2D eigenvalue weighted by Gasteiger charge is -2.29. The molecule has 1 fully saturated rings. The molecule has 0 unspecified atom stereocenters. The molecule has 0 saturated heterocycles. The molecule has 0 spiro atoms. The SMILES string of the molecule is C[C@](CO)(NCc1cccc2c1OCCCO2)C1CC1. The van der Waals surface area contributed by atoms with Crippen LogP contribution in [0.15, 0.2) is 18.2 Å². The fraction of sp³-hybridized carbons (Fsp3) is 0.625. The van der Waals surface area contributed by atoms with Crippen molar-refractivity contribution in [3.8, 4) is 11.5 Å². The number of fused-ring (bicyclic) bond motifs is 1. The van der Waals surface area contributed by atoms with E-state index in [-0.39, 0.29) is 12.1 Å². The molecule has 1 aromatic carbocycles. The van der Waals surface area contributed by atoms with Gasteiger partial charge in [0.25, 0.3) is 0 Å². The Balaban J connectivity index is 1.74. The number of hydrogen-bond donors (Lipinski definition) is 2. The molecule has 1 aliphatic carbocycles. The van der Waals surface area contributed by atoms with E-state index in [9.17, 15) is 5.11 Å². The zero-order valence-electron chi connectivity index (χ0n) is 12.0. The summed E-state index contributed by atoms with van der Waals surface area (Å²) in [5.74, 6) is 2.28. The Hall–Kier alpha value is -1.26. The van der Waals surface area contributed by atoms with Gasteiger partial charge >= 0.3 is 0 Å². The first kappa shape index (κ1) is 13.7. The zero-order valence-corrected chi connectivity index (χ0v) is 12.0. The van der Waals surface area contributed by atoms with Crippen molar-refractivity contribution < 1.29 is 14.6 Å². The minimum absolute atomic E-state index is 0.171. The predicted molar refractivity (Wildman–Crippen MR) is 77.1 cm³/mol. The molecule has 1 saturated carbocycles. The summed E-state index contributed by atoms with van der Waals surface area (Å²) in [6.07, 6.45) is 3.32. The van der Waals surface area contributed by atoms with Gasteiger partial charge in [-0.2, -0.15) is 0 Å². The summed E-state index contributed by atoms with van der Waals surface area (Å²) in [6, 6.07) is 6.01.